The van der Waals surface area contributed by atoms with Gasteiger partial charge in [-0.1, -0.05) is 37.3 Å². The molecule has 0 amide bonds. The lowest BCUT2D eigenvalue weighted by molar-refractivity contribution is 0.832. The summed E-state index contributed by atoms with van der Waals surface area (Å²) in [5.74, 6) is 1.74. The minimum Gasteiger partial charge on any atom is -0.368 e. The van der Waals surface area contributed by atoms with Crippen LogP contribution in [-0.2, 0) is 6.54 Å². The third kappa shape index (κ3) is 2.89. The van der Waals surface area contributed by atoms with E-state index in [0.717, 1.165) is 42.2 Å². The first-order valence-corrected chi connectivity index (χ1v) is 7.39. The van der Waals surface area contributed by atoms with Gasteiger partial charge in [0, 0.05) is 19.3 Å². The van der Waals surface area contributed by atoms with E-state index in [4.69, 9.17) is 0 Å². The standard InChI is InChI=1S/C17H20N4/c1-3-10-18-17-16-15(19-13(2)20-17)9-11-21(16)12-14-7-5-4-6-8-14/h4-9,11H,3,10,12H2,1-2H3,(H,18,19,20). The smallest absolute Gasteiger partial charge is 0.154 e. The number of rotatable bonds is 5. The second-order valence-electron chi connectivity index (χ2n) is 5.21. The third-order valence-electron chi connectivity index (χ3n) is 3.46. The summed E-state index contributed by atoms with van der Waals surface area (Å²) < 4.78 is 2.21. The Kier molecular flexibility index (Phi) is 3.86. The van der Waals surface area contributed by atoms with E-state index in [-0.39, 0.29) is 0 Å². The third-order valence-corrected chi connectivity index (χ3v) is 3.46. The summed E-state index contributed by atoms with van der Waals surface area (Å²) in [6, 6.07) is 12.5. The zero-order valence-electron chi connectivity index (χ0n) is 12.5. The number of fused-ring (bicyclic) bond motifs is 1. The predicted octanol–water partition coefficient (Wildman–Crippen LogP) is 3.61. The molecule has 3 rings (SSSR count). The largest absolute Gasteiger partial charge is 0.368 e. The first kappa shape index (κ1) is 13.6. The Morgan fingerprint density at radius 3 is 2.67 bits per heavy atom. The van der Waals surface area contributed by atoms with Crippen molar-refractivity contribution < 1.29 is 0 Å². The molecule has 0 spiro atoms. The van der Waals surface area contributed by atoms with Gasteiger partial charge in [-0.3, -0.25) is 0 Å². The van der Waals surface area contributed by atoms with Crippen molar-refractivity contribution in [3.05, 3.63) is 54.0 Å². The van der Waals surface area contributed by atoms with Gasteiger partial charge in [0.25, 0.3) is 0 Å². The summed E-state index contributed by atoms with van der Waals surface area (Å²) in [4.78, 5) is 9.11. The number of aryl methyl sites for hydroxylation is 1. The molecule has 4 heteroatoms. The molecule has 0 radical (unpaired) electrons. The van der Waals surface area contributed by atoms with Crippen LogP contribution in [-0.4, -0.2) is 21.1 Å². The summed E-state index contributed by atoms with van der Waals surface area (Å²) in [5.41, 5.74) is 3.35. The summed E-state index contributed by atoms with van der Waals surface area (Å²) in [7, 11) is 0. The van der Waals surface area contributed by atoms with E-state index in [2.05, 4.69) is 63.3 Å². The maximum Gasteiger partial charge on any atom is 0.154 e. The molecule has 0 atom stereocenters. The molecule has 1 aromatic carbocycles. The van der Waals surface area contributed by atoms with Crippen molar-refractivity contribution in [1.29, 1.82) is 0 Å². The zero-order valence-corrected chi connectivity index (χ0v) is 12.5. The van der Waals surface area contributed by atoms with Gasteiger partial charge in [0.15, 0.2) is 5.82 Å². The molecule has 0 saturated carbocycles. The highest BCUT2D eigenvalue weighted by molar-refractivity contribution is 5.86. The van der Waals surface area contributed by atoms with Crippen molar-refractivity contribution in [3.8, 4) is 0 Å². The van der Waals surface area contributed by atoms with E-state index in [9.17, 15) is 0 Å². The van der Waals surface area contributed by atoms with Crippen LogP contribution < -0.4 is 5.32 Å². The Bertz CT molecular complexity index is 731. The van der Waals surface area contributed by atoms with Crippen LogP contribution in [0.5, 0.6) is 0 Å². The molecule has 2 heterocycles. The minimum atomic E-state index is 0.804. The van der Waals surface area contributed by atoms with Crippen LogP contribution in [0.3, 0.4) is 0 Å². The van der Waals surface area contributed by atoms with Gasteiger partial charge in [0.05, 0.1) is 5.52 Å². The Morgan fingerprint density at radius 2 is 1.90 bits per heavy atom. The molecule has 0 saturated heterocycles. The molecule has 1 N–H and O–H groups in total. The van der Waals surface area contributed by atoms with Crippen LogP contribution in [0.1, 0.15) is 24.7 Å². The molecule has 0 unspecified atom stereocenters. The molecule has 0 aliphatic rings. The summed E-state index contributed by atoms with van der Waals surface area (Å²) in [6.07, 6.45) is 3.16. The van der Waals surface area contributed by atoms with E-state index >= 15 is 0 Å². The number of hydrogen-bond donors (Lipinski definition) is 1. The number of nitrogens with one attached hydrogen (secondary N) is 1. The molecule has 3 aromatic rings. The van der Waals surface area contributed by atoms with Gasteiger partial charge in [-0.2, -0.15) is 0 Å². The topological polar surface area (TPSA) is 42.7 Å². The minimum absolute atomic E-state index is 0.804. The van der Waals surface area contributed by atoms with Gasteiger partial charge in [0.1, 0.15) is 11.3 Å². The SMILES string of the molecule is CCCNc1nc(C)nc2ccn(Cc3ccccc3)c12. The molecule has 0 fully saturated rings. The fraction of sp³-hybridized carbons (Fsp3) is 0.294. The fourth-order valence-corrected chi connectivity index (χ4v) is 2.50. The quantitative estimate of drug-likeness (QED) is 0.776. The van der Waals surface area contributed by atoms with Crippen LogP contribution in [0.4, 0.5) is 5.82 Å². The molecule has 2 aromatic heterocycles. The Hall–Kier alpha value is -2.36. The fourth-order valence-electron chi connectivity index (χ4n) is 2.50. The highest BCUT2D eigenvalue weighted by Gasteiger charge is 2.10. The molecular formula is C17H20N4. The first-order valence-electron chi connectivity index (χ1n) is 7.39. The number of aromatic nitrogens is 3. The summed E-state index contributed by atoms with van der Waals surface area (Å²) >= 11 is 0. The van der Waals surface area contributed by atoms with E-state index in [0.29, 0.717) is 0 Å². The van der Waals surface area contributed by atoms with E-state index in [1.165, 1.54) is 5.56 Å². The van der Waals surface area contributed by atoms with Gasteiger partial charge >= 0.3 is 0 Å². The molecule has 4 nitrogen and oxygen atoms in total. The summed E-state index contributed by atoms with van der Waals surface area (Å²) in [6.45, 7) is 5.84. The van der Waals surface area contributed by atoms with Crippen LogP contribution in [0.15, 0.2) is 42.6 Å². The van der Waals surface area contributed by atoms with E-state index in [1.807, 2.05) is 13.0 Å². The number of benzene rings is 1. The molecule has 108 valence electrons. The number of anilines is 1. The van der Waals surface area contributed by atoms with E-state index in [1.54, 1.807) is 0 Å². The van der Waals surface area contributed by atoms with Crippen molar-refractivity contribution in [2.24, 2.45) is 0 Å². The number of hydrogen-bond acceptors (Lipinski definition) is 3. The molecule has 21 heavy (non-hydrogen) atoms. The zero-order chi connectivity index (χ0) is 14.7. The van der Waals surface area contributed by atoms with Crippen molar-refractivity contribution in [2.75, 3.05) is 11.9 Å². The van der Waals surface area contributed by atoms with Crippen molar-refractivity contribution >= 4 is 16.9 Å². The van der Waals surface area contributed by atoms with Crippen LogP contribution in [0.2, 0.25) is 0 Å². The predicted molar refractivity (Wildman–Crippen MR) is 86.6 cm³/mol. The summed E-state index contributed by atoms with van der Waals surface area (Å²) in [5, 5.41) is 3.42. The molecular weight excluding hydrogens is 260 g/mol. The monoisotopic (exact) mass is 280 g/mol. The van der Waals surface area contributed by atoms with Crippen molar-refractivity contribution in [3.63, 3.8) is 0 Å². The highest BCUT2D eigenvalue weighted by Crippen LogP contribution is 2.22. The van der Waals surface area contributed by atoms with Crippen molar-refractivity contribution in [1.82, 2.24) is 14.5 Å². The van der Waals surface area contributed by atoms with Crippen LogP contribution in [0, 0.1) is 6.92 Å². The van der Waals surface area contributed by atoms with Gasteiger partial charge in [-0.25, -0.2) is 9.97 Å². The first-order chi connectivity index (χ1) is 10.3. The molecule has 0 bridgehead atoms. The van der Waals surface area contributed by atoms with Gasteiger partial charge in [-0.05, 0) is 25.0 Å². The number of nitrogens with zero attached hydrogens (tertiary/aromatic N) is 3. The second-order valence-corrected chi connectivity index (χ2v) is 5.21. The normalized spacial score (nSPS) is 11.0. The van der Waals surface area contributed by atoms with Gasteiger partial charge < -0.3 is 9.88 Å². The Balaban J connectivity index is 2.03. The van der Waals surface area contributed by atoms with Gasteiger partial charge in [0.2, 0.25) is 0 Å². The lowest BCUT2D eigenvalue weighted by atomic mass is 10.2. The molecule has 0 aliphatic heterocycles. The highest BCUT2D eigenvalue weighted by atomic mass is 15.1. The van der Waals surface area contributed by atoms with Crippen LogP contribution in [0.25, 0.3) is 11.0 Å². The maximum absolute atomic E-state index is 4.57. The Morgan fingerprint density at radius 1 is 1.10 bits per heavy atom. The van der Waals surface area contributed by atoms with E-state index < -0.39 is 0 Å². The second kappa shape index (κ2) is 5.95. The van der Waals surface area contributed by atoms with Gasteiger partial charge in [-0.15, -0.1) is 0 Å². The molecule has 0 aliphatic carbocycles. The average Bonchev–Trinajstić information content (AvgIpc) is 2.88. The van der Waals surface area contributed by atoms with Crippen LogP contribution >= 0.6 is 0 Å². The lowest BCUT2D eigenvalue weighted by Crippen LogP contribution is -2.07. The van der Waals surface area contributed by atoms with Crippen molar-refractivity contribution in [2.45, 2.75) is 26.8 Å². The average molecular weight is 280 g/mol. The maximum atomic E-state index is 4.57. The Labute approximate surface area is 124 Å². The lowest BCUT2D eigenvalue weighted by Gasteiger charge is -2.11.